The zero-order valence-corrected chi connectivity index (χ0v) is 14.8. The molecule has 2 N–H and O–H groups in total. The number of alkyl halides is 3. The number of benzene rings is 1. The normalized spacial score (nSPS) is 14.6. The zero-order chi connectivity index (χ0) is 20.3. The predicted molar refractivity (Wildman–Crippen MR) is 87.2 cm³/mol. The highest BCUT2D eigenvalue weighted by Crippen LogP contribution is 2.45. The molecular weight excluding hydrogens is 356 g/mol. The van der Waals surface area contributed by atoms with Crippen molar-refractivity contribution in [2.45, 2.75) is 50.8 Å². The van der Waals surface area contributed by atoms with E-state index in [9.17, 15) is 32.6 Å². The van der Waals surface area contributed by atoms with Crippen molar-refractivity contribution < 1.29 is 37.3 Å². The van der Waals surface area contributed by atoms with Crippen molar-refractivity contribution in [2.75, 3.05) is 6.61 Å². The van der Waals surface area contributed by atoms with Crippen LogP contribution in [0.25, 0.3) is 0 Å². The molecule has 8 heteroatoms. The highest BCUT2D eigenvalue weighted by molar-refractivity contribution is 5.80. The number of esters is 1. The van der Waals surface area contributed by atoms with Crippen LogP contribution in [0.2, 0.25) is 0 Å². The molecule has 0 heterocycles. The Morgan fingerprint density at radius 2 is 1.88 bits per heavy atom. The van der Waals surface area contributed by atoms with Crippen LogP contribution >= 0.6 is 0 Å². The number of carbonyl (C=O) groups is 1. The lowest BCUT2D eigenvalue weighted by Gasteiger charge is -2.36. The molecule has 0 aliphatic heterocycles. The Bertz CT molecular complexity index is 683. The third-order valence-corrected chi connectivity index (χ3v) is 4.03. The average Bonchev–Trinajstić information content (AvgIpc) is 2.49. The summed E-state index contributed by atoms with van der Waals surface area (Å²) in [6, 6.07) is 1.92. The van der Waals surface area contributed by atoms with Crippen molar-refractivity contribution in [1.82, 2.24) is 0 Å². The molecule has 0 saturated heterocycles. The average molecular weight is 378 g/mol. The van der Waals surface area contributed by atoms with Gasteiger partial charge in [-0.25, -0.2) is 9.18 Å². The number of halogens is 4. The second-order valence-electron chi connectivity index (χ2n) is 6.59. The Labute approximate surface area is 149 Å². The van der Waals surface area contributed by atoms with E-state index in [1.54, 1.807) is 0 Å². The van der Waals surface area contributed by atoms with Crippen molar-refractivity contribution in [3.8, 4) is 5.75 Å². The van der Waals surface area contributed by atoms with E-state index in [2.05, 4.69) is 11.3 Å². The van der Waals surface area contributed by atoms with E-state index in [0.717, 1.165) is 12.1 Å². The van der Waals surface area contributed by atoms with E-state index < -0.39 is 41.1 Å². The molecular formula is C18H22F4O4. The maximum Gasteiger partial charge on any atom is 0.428 e. The minimum absolute atomic E-state index is 0.0914. The van der Waals surface area contributed by atoms with Gasteiger partial charge < -0.3 is 14.9 Å². The van der Waals surface area contributed by atoms with Gasteiger partial charge in [0.25, 0.3) is 5.60 Å². The first-order valence-electron chi connectivity index (χ1n) is 7.89. The van der Waals surface area contributed by atoms with Crippen LogP contribution in [0.15, 0.2) is 24.8 Å². The fourth-order valence-electron chi connectivity index (χ4n) is 2.76. The minimum Gasteiger partial charge on any atom is -0.507 e. The molecule has 146 valence electrons. The molecule has 0 saturated carbocycles. The van der Waals surface area contributed by atoms with Crippen molar-refractivity contribution in [2.24, 2.45) is 0 Å². The molecule has 0 fully saturated rings. The summed E-state index contributed by atoms with van der Waals surface area (Å²) in [5.74, 6) is -3.03. The lowest BCUT2D eigenvalue weighted by Crippen LogP contribution is -2.55. The van der Waals surface area contributed by atoms with Crippen LogP contribution in [-0.2, 0) is 21.4 Å². The van der Waals surface area contributed by atoms with Crippen molar-refractivity contribution in [3.63, 3.8) is 0 Å². The molecule has 26 heavy (non-hydrogen) atoms. The van der Waals surface area contributed by atoms with Crippen molar-refractivity contribution in [1.29, 1.82) is 0 Å². The monoisotopic (exact) mass is 378 g/mol. The van der Waals surface area contributed by atoms with Gasteiger partial charge >= 0.3 is 12.1 Å². The molecule has 4 nitrogen and oxygen atoms in total. The molecule has 0 aromatic heterocycles. The summed E-state index contributed by atoms with van der Waals surface area (Å²) in [5.41, 5.74) is -5.45. The number of ether oxygens (including phenoxy) is 1. The van der Waals surface area contributed by atoms with Gasteiger partial charge in [0.05, 0.1) is 6.61 Å². The molecule has 1 atom stereocenters. The van der Waals surface area contributed by atoms with Gasteiger partial charge in [0.1, 0.15) is 11.6 Å². The molecule has 1 aromatic rings. The molecule has 0 radical (unpaired) electrons. The summed E-state index contributed by atoms with van der Waals surface area (Å²) >= 11 is 0. The minimum atomic E-state index is -5.32. The molecule has 1 aromatic carbocycles. The van der Waals surface area contributed by atoms with Crippen LogP contribution in [0, 0.1) is 5.82 Å². The summed E-state index contributed by atoms with van der Waals surface area (Å²) < 4.78 is 58.5. The molecule has 0 aliphatic carbocycles. The van der Waals surface area contributed by atoms with E-state index in [1.165, 1.54) is 26.8 Å². The lowest BCUT2D eigenvalue weighted by molar-refractivity contribution is -0.268. The topological polar surface area (TPSA) is 66.8 Å². The quantitative estimate of drug-likeness (QED) is 0.430. The molecule has 0 bridgehead atoms. The van der Waals surface area contributed by atoms with Crippen molar-refractivity contribution >= 4 is 5.97 Å². The first kappa shape index (κ1) is 22.0. The smallest absolute Gasteiger partial charge is 0.428 e. The molecule has 0 aliphatic rings. The Morgan fingerprint density at radius 1 is 1.31 bits per heavy atom. The molecule has 1 unspecified atom stereocenters. The lowest BCUT2D eigenvalue weighted by atomic mass is 9.74. The second kappa shape index (κ2) is 7.65. The zero-order valence-electron chi connectivity index (χ0n) is 14.8. The Morgan fingerprint density at radius 3 is 2.35 bits per heavy atom. The SMILES string of the molecule is C=CCc1cc(F)cc(C(C)(C)CC(O)(C(=O)OCC)C(F)(F)F)c1O. The van der Waals surface area contributed by atoms with Gasteiger partial charge in [-0.1, -0.05) is 19.9 Å². The number of phenols is 1. The number of aromatic hydroxyl groups is 1. The fourth-order valence-corrected chi connectivity index (χ4v) is 2.76. The van der Waals surface area contributed by atoms with Gasteiger partial charge in [-0.15, -0.1) is 6.58 Å². The number of allylic oxidation sites excluding steroid dienone is 1. The molecule has 0 spiro atoms. The fraction of sp³-hybridized carbons (Fsp3) is 0.500. The molecule has 0 amide bonds. The summed E-state index contributed by atoms with van der Waals surface area (Å²) in [5, 5.41) is 20.4. The van der Waals surface area contributed by atoms with Crippen LogP contribution in [0.1, 0.15) is 38.3 Å². The summed E-state index contributed by atoms with van der Waals surface area (Å²) in [4.78, 5) is 11.8. The maximum absolute atomic E-state index is 13.9. The highest BCUT2D eigenvalue weighted by Gasteiger charge is 2.62. The number of carbonyl (C=O) groups excluding carboxylic acids is 1. The van der Waals surface area contributed by atoms with Gasteiger partial charge in [0.15, 0.2) is 0 Å². The summed E-state index contributed by atoms with van der Waals surface area (Å²) in [6.45, 7) is 6.94. The van der Waals surface area contributed by atoms with E-state index in [-0.39, 0.29) is 24.2 Å². The first-order chi connectivity index (χ1) is 11.8. The van der Waals surface area contributed by atoms with Crippen LogP contribution in [0.3, 0.4) is 0 Å². The number of hydrogen-bond donors (Lipinski definition) is 2. The van der Waals surface area contributed by atoms with Gasteiger partial charge in [0, 0.05) is 17.5 Å². The van der Waals surface area contributed by atoms with Gasteiger partial charge in [0.2, 0.25) is 0 Å². The number of aliphatic hydroxyl groups is 1. The largest absolute Gasteiger partial charge is 0.507 e. The van der Waals surface area contributed by atoms with Crippen LogP contribution < -0.4 is 0 Å². The van der Waals surface area contributed by atoms with E-state index in [0.29, 0.717) is 0 Å². The Balaban J connectivity index is 3.44. The maximum atomic E-state index is 13.9. The Hall–Kier alpha value is -2.09. The third-order valence-electron chi connectivity index (χ3n) is 4.03. The van der Waals surface area contributed by atoms with Crippen LogP contribution in [0.5, 0.6) is 5.75 Å². The van der Waals surface area contributed by atoms with E-state index in [4.69, 9.17) is 0 Å². The Kier molecular flexibility index (Phi) is 6.46. The molecule has 1 rings (SSSR count). The highest BCUT2D eigenvalue weighted by atomic mass is 19.4. The number of hydrogen-bond acceptors (Lipinski definition) is 4. The standard InChI is InChI=1S/C18H22F4O4/c1-5-7-11-8-12(19)9-13(14(11)23)16(3,4)10-17(25,18(20,21)22)15(24)26-6-2/h5,8-9,23,25H,1,6-7,10H2,2-4H3. The van der Waals surface area contributed by atoms with Gasteiger partial charge in [-0.2, -0.15) is 13.2 Å². The van der Waals surface area contributed by atoms with E-state index in [1.807, 2.05) is 0 Å². The first-order valence-corrected chi connectivity index (χ1v) is 7.89. The summed E-state index contributed by atoms with van der Waals surface area (Å²) in [6.07, 6.45) is -4.99. The number of rotatable bonds is 7. The third kappa shape index (κ3) is 4.35. The van der Waals surface area contributed by atoms with Gasteiger partial charge in [-0.05, 0) is 30.9 Å². The summed E-state index contributed by atoms with van der Waals surface area (Å²) in [7, 11) is 0. The predicted octanol–water partition coefficient (Wildman–Crippen LogP) is 3.78. The van der Waals surface area contributed by atoms with Crippen LogP contribution in [-0.4, -0.2) is 34.6 Å². The van der Waals surface area contributed by atoms with E-state index >= 15 is 0 Å². The second-order valence-corrected chi connectivity index (χ2v) is 6.59. The van der Waals surface area contributed by atoms with Gasteiger partial charge in [-0.3, -0.25) is 0 Å². The van der Waals surface area contributed by atoms with Crippen molar-refractivity contribution in [3.05, 3.63) is 41.7 Å². The number of phenolic OH excluding ortho intramolecular Hbond substituents is 1. The van der Waals surface area contributed by atoms with Crippen LogP contribution in [0.4, 0.5) is 17.6 Å².